The van der Waals surface area contributed by atoms with Crippen molar-refractivity contribution in [2.24, 2.45) is 0 Å². The van der Waals surface area contributed by atoms with Crippen LogP contribution in [0.25, 0.3) is 0 Å². The Bertz CT molecular complexity index is 416. The van der Waals surface area contributed by atoms with Gasteiger partial charge in [-0.25, -0.2) is 4.79 Å². The highest BCUT2D eigenvalue weighted by molar-refractivity contribution is 5.82. The zero-order chi connectivity index (χ0) is 13.5. The van der Waals surface area contributed by atoms with E-state index in [1.165, 1.54) is 6.92 Å². The summed E-state index contributed by atoms with van der Waals surface area (Å²) < 4.78 is 0. The number of hydrogen-bond acceptors (Lipinski definition) is 3. The molecule has 1 aromatic heterocycles. The Morgan fingerprint density at radius 3 is 2.83 bits per heavy atom. The first-order valence-electron chi connectivity index (χ1n) is 5.76. The molecule has 1 heterocycles. The van der Waals surface area contributed by atoms with E-state index in [0.717, 1.165) is 24.1 Å². The number of amides is 2. The molecule has 0 unspecified atom stereocenters. The lowest BCUT2D eigenvalue weighted by atomic mass is 10.1. The molecule has 18 heavy (non-hydrogen) atoms. The first-order chi connectivity index (χ1) is 8.50. The minimum Gasteiger partial charge on any atom is -0.480 e. The molecule has 2 amide bonds. The van der Waals surface area contributed by atoms with Gasteiger partial charge in [0, 0.05) is 12.2 Å². The van der Waals surface area contributed by atoms with E-state index in [2.05, 4.69) is 20.8 Å². The summed E-state index contributed by atoms with van der Waals surface area (Å²) in [4.78, 5) is 21.8. The zero-order valence-corrected chi connectivity index (χ0v) is 10.5. The van der Waals surface area contributed by atoms with Crippen molar-refractivity contribution in [3.8, 4) is 0 Å². The van der Waals surface area contributed by atoms with E-state index in [-0.39, 0.29) is 0 Å². The Hall–Kier alpha value is -2.05. The van der Waals surface area contributed by atoms with E-state index in [4.69, 9.17) is 5.11 Å². The number of urea groups is 1. The van der Waals surface area contributed by atoms with Crippen molar-refractivity contribution in [3.05, 3.63) is 17.5 Å². The van der Waals surface area contributed by atoms with Gasteiger partial charge in [0.25, 0.3) is 0 Å². The standard InChI is InChI=1S/C11H18N4O3/c1-7-9(6-13-15-7)4-3-5-12-11(18)14-8(2)10(16)17/h6,8H,3-5H2,1-2H3,(H,13,15)(H,16,17)(H2,12,14,18)/t8-/m1/s1. The van der Waals surface area contributed by atoms with Gasteiger partial charge in [0.05, 0.1) is 6.20 Å². The largest absolute Gasteiger partial charge is 0.480 e. The number of aliphatic carboxylic acids is 1. The Morgan fingerprint density at radius 2 is 2.28 bits per heavy atom. The van der Waals surface area contributed by atoms with E-state index in [0.29, 0.717) is 6.54 Å². The summed E-state index contributed by atoms with van der Waals surface area (Å²) in [7, 11) is 0. The highest BCUT2D eigenvalue weighted by atomic mass is 16.4. The number of aryl methyl sites for hydroxylation is 2. The average Bonchev–Trinajstić information content (AvgIpc) is 2.70. The van der Waals surface area contributed by atoms with E-state index < -0.39 is 18.0 Å². The minimum atomic E-state index is -1.06. The second-order valence-corrected chi connectivity index (χ2v) is 4.08. The molecule has 0 spiro atoms. The molecule has 0 saturated carbocycles. The van der Waals surface area contributed by atoms with Crippen molar-refractivity contribution in [1.82, 2.24) is 20.8 Å². The molecule has 7 heteroatoms. The van der Waals surface area contributed by atoms with Crippen LogP contribution in [-0.2, 0) is 11.2 Å². The summed E-state index contributed by atoms with van der Waals surface area (Å²) in [6, 6.07) is -1.35. The van der Waals surface area contributed by atoms with E-state index >= 15 is 0 Å². The summed E-state index contributed by atoms with van der Waals surface area (Å²) >= 11 is 0. The molecule has 0 aromatic carbocycles. The van der Waals surface area contributed by atoms with Gasteiger partial charge in [0.2, 0.25) is 0 Å². The van der Waals surface area contributed by atoms with Crippen LogP contribution >= 0.6 is 0 Å². The number of rotatable bonds is 6. The molecule has 4 N–H and O–H groups in total. The van der Waals surface area contributed by atoms with Gasteiger partial charge in [-0.2, -0.15) is 5.10 Å². The lowest BCUT2D eigenvalue weighted by Crippen LogP contribution is -2.44. The number of carbonyl (C=O) groups is 2. The summed E-state index contributed by atoms with van der Waals surface area (Å²) in [5.41, 5.74) is 2.15. The van der Waals surface area contributed by atoms with Crippen LogP contribution in [-0.4, -0.2) is 39.9 Å². The third kappa shape index (κ3) is 4.44. The van der Waals surface area contributed by atoms with Crippen molar-refractivity contribution < 1.29 is 14.7 Å². The van der Waals surface area contributed by atoms with Gasteiger partial charge in [0.1, 0.15) is 6.04 Å². The molecule has 0 fully saturated rings. The molecule has 1 atom stereocenters. The summed E-state index contributed by atoms with van der Waals surface area (Å²) in [6.45, 7) is 3.84. The molecule has 0 saturated heterocycles. The number of nitrogens with one attached hydrogen (secondary N) is 3. The number of H-pyrrole nitrogens is 1. The first-order valence-corrected chi connectivity index (χ1v) is 5.76. The average molecular weight is 254 g/mol. The third-order valence-corrected chi connectivity index (χ3v) is 2.56. The van der Waals surface area contributed by atoms with Gasteiger partial charge in [-0.05, 0) is 32.3 Å². The molecule has 1 aromatic rings. The number of carboxylic acids is 1. The first kappa shape index (κ1) is 14.0. The van der Waals surface area contributed by atoms with Crippen LogP contribution in [0.3, 0.4) is 0 Å². The fourth-order valence-electron chi connectivity index (χ4n) is 1.42. The Morgan fingerprint density at radius 1 is 1.56 bits per heavy atom. The highest BCUT2D eigenvalue weighted by Crippen LogP contribution is 2.04. The maximum absolute atomic E-state index is 11.3. The van der Waals surface area contributed by atoms with Crippen LogP contribution in [0, 0.1) is 6.92 Å². The van der Waals surface area contributed by atoms with Crippen LogP contribution in [0.5, 0.6) is 0 Å². The number of aromatic nitrogens is 2. The maximum Gasteiger partial charge on any atom is 0.325 e. The van der Waals surface area contributed by atoms with Gasteiger partial charge in [0.15, 0.2) is 0 Å². The second-order valence-electron chi connectivity index (χ2n) is 4.08. The molecule has 0 aliphatic rings. The Balaban J connectivity index is 2.16. The Labute approximate surface area is 105 Å². The SMILES string of the molecule is Cc1[nH]ncc1CCCNC(=O)N[C@H](C)C(=O)O. The summed E-state index contributed by atoms with van der Waals surface area (Å²) in [5, 5.41) is 20.3. The monoisotopic (exact) mass is 254 g/mol. The highest BCUT2D eigenvalue weighted by Gasteiger charge is 2.12. The molecule has 0 radical (unpaired) electrons. The fourth-order valence-corrected chi connectivity index (χ4v) is 1.42. The fraction of sp³-hybridized carbons (Fsp3) is 0.545. The van der Waals surface area contributed by atoms with Crippen LogP contribution in [0.15, 0.2) is 6.20 Å². The predicted octanol–water partition coefficient (Wildman–Crippen LogP) is 0.423. The molecule has 0 bridgehead atoms. The molecule has 0 aliphatic carbocycles. The summed E-state index contributed by atoms with van der Waals surface area (Å²) in [6.07, 6.45) is 3.36. The van der Waals surface area contributed by atoms with Gasteiger partial charge >= 0.3 is 12.0 Å². The number of carboxylic acid groups (broad SMARTS) is 1. The second kappa shape index (κ2) is 6.63. The van der Waals surface area contributed by atoms with Crippen molar-refractivity contribution >= 4 is 12.0 Å². The predicted molar refractivity (Wildman–Crippen MR) is 65.3 cm³/mol. The van der Waals surface area contributed by atoms with Crippen LogP contribution in [0.2, 0.25) is 0 Å². The van der Waals surface area contributed by atoms with Crippen LogP contribution in [0.1, 0.15) is 24.6 Å². The number of hydrogen-bond donors (Lipinski definition) is 4. The van der Waals surface area contributed by atoms with Crippen molar-refractivity contribution in [1.29, 1.82) is 0 Å². The van der Waals surface area contributed by atoms with E-state index in [1.54, 1.807) is 6.20 Å². The molecular formula is C11H18N4O3. The molecule has 7 nitrogen and oxygen atoms in total. The zero-order valence-electron chi connectivity index (χ0n) is 10.5. The lowest BCUT2D eigenvalue weighted by Gasteiger charge is -2.10. The van der Waals surface area contributed by atoms with Crippen LogP contribution in [0.4, 0.5) is 4.79 Å². The number of aromatic amines is 1. The molecule has 0 aliphatic heterocycles. The molecular weight excluding hydrogens is 236 g/mol. The summed E-state index contributed by atoms with van der Waals surface area (Å²) in [5.74, 6) is -1.06. The Kier molecular flexibility index (Phi) is 5.16. The molecule has 100 valence electrons. The van der Waals surface area contributed by atoms with E-state index in [9.17, 15) is 9.59 Å². The smallest absolute Gasteiger partial charge is 0.325 e. The lowest BCUT2D eigenvalue weighted by molar-refractivity contribution is -0.138. The minimum absolute atomic E-state index is 0.464. The van der Waals surface area contributed by atoms with Gasteiger partial charge in [-0.15, -0.1) is 0 Å². The molecule has 1 rings (SSSR count). The van der Waals surface area contributed by atoms with Crippen LogP contribution < -0.4 is 10.6 Å². The van der Waals surface area contributed by atoms with Gasteiger partial charge in [-0.3, -0.25) is 9.89 Å². The van der Waals surface area contributed by atoms with Crippen molar-refractivity contribution in [2.45, 2.75) is 32.7 Å². The van der Waals surface area contributed by atoms with E-state index in [1.807, 2.05) is 6.92 Å². The van der Waals surface area contributed by atoms with Gasteiger partial charge in [-0.1, -0.05) is 0 Å². The van der Waals surface area contributed by atoms with Gasteiger partial charge < -0.3 is 15.7 Å². The topological polar surface area (TPSA) is 107 Å². The third-order valence-electron chi connectivity index (χ3n) is 2.56. The normalized spacial score (nSPS) is 11.9. The number of carbonyl (C=O) groups excluding carboxylic acids is 1. The maximum atomic E-state index is 11.3. The van der Waals surface area contributed by atoms with Crippen molar-refractivity contribution in [2.75, 3.05) is 6.54 Å². The van der Waals surface area contributed by atoms with Crippen molar-refractivity contribution in [3.63, 3.8) is 0 Å². The number of nitrogens with zero attached hydrogens (tertiary/aromatic N) is 1. The quantitative estimate of drug-likeness (QED) is 0.552.